The highest BCUT2D eigenvalue weighted by Gasteiger charge is 2.05. The quantitative estimate of drug-likeness (QED) is 0.380. The van der Waals surface area contributed by atoms with Crippen molar-refractivity contribution in [2.24, 2.45) is 0 Å². The van der Waals surface area contributed by atoms with Gasteiger partial charge in [-0.05, 0) is 45.7 Å². The van der Waals surface area contributed by atoms with E-state index in [1.54, 1.807) is 0 Å². The average Bonchev–Trinajstić information content (AvgIpc) is 2.62. The lowest BCUT2D eigenvalue weighted by Crippen LogP contribution is -1.83. The van der Waals surface area contributed by atoms with Crippen LogP contribution in [0.25, 0.3) is 33.0 Å². The normalized spacial score (nSPS) is 10.8. The van der Waals surface area contributed by atoms with Crippen molar-refractivity contribution in [3.8, 4) is 22.3 Å². The van der Waals surface area contributed by atoms with E-state index in [0.717, 1.165) is 16.1 Å². The van der Waals surface area contributed by atoms with E-state index >= 15 is 0 Å². The number of hydrogen-bond donors (Lipinski definition) is 0. The van der Waals surface area contributed by atoms with Gasteiger partial charge >= 0.3 is 0 Å². The lowest BCUT2D eigenvalue weighted by atomic mass is 9.97. The van der Waals surface area contributed by atoms with Crippen molar-refractivity contribution >= 4 is 22.4 Å². The Morgan fingerprint density at radius 2 is 1.17 bits per heavy atom. The van der Waals surface area contributed by atoms with E-state index in [2.05, 4.69) is 72.8 Å². The summed E-state index contributed by atoms with van der Waals surface area (Å²) in [7, 11) is 0. The van der Waals surface area contributed by atoms with Gasteiger partial charge in [-0.3, -0.25) is 0 Å². The summed E-state index contributed by atoms with van der Waals surface area (Å²) >= 11 is 6.34. The Kier molecular flexibility index (Phi) is 3.61. The fourth-order valence-electron chi connectivity index (χ4n) is 2.93. The van der Waals surface area contributed by atoms with Crippen LogP contribution in [0.15, 0.2) is 91.0 Å². The molecule has 1 heteroatoms. The zero-order valence-electron chi connectivity index (χ0n) is 12.5. The monoisotopic (exact) mass is 314 g/mol. The molecule has 0 amide bonds. The molecule has 0 aromatic heterocycles. The highest BCUT2D eigenvalue weighted by molar-refractivity contribution is 6.33. The van der Waals surface area contributed by atoms with Crippen LogP contribution >= 0.6 is 11.6 Å². The van der Waals surface area contributed by atoms with Crippen LogP contribution in [0.3, 0.4) is 0 Å². The smallest absolute Gasteiger partial charge is 0.0484 e. The minimum atomic E-state index is 0.781. The molecule has 110 valence electrons. The second kappa shape index (κ2) is 5.91. The van der Waals surface area contributed by atoms with Crippen LogP contribution < -0.4 is 0 Å². The Morgan fingerprint density at radius 1 is 0.478 bits per heavy atom. The minimum Gasteiger partial charge on any atom is -0.0837 e. The molecule has 0 aliphatic carbocycles. The van der Waals surface area contributed by atoms with Crippen molar-refractivity contribution in [2.75, 3.05) is 0 Å². The molecule has 0 nitrogen and oxygen atoms in total. The molecule has 4 rings (SSSR count). The van der Waals surface area contributed by atoms with Crippen LogP contribution in [0.1, 0.15) is 0 Å². The van der Waals surface area contributed by atoms with Gasteiger partial charge in [-0.2, -0.15) is 0 Å². The Bertz CT molecular complexity index is 986. The average molecular weight is 315 g/mol. The van der Waals surface area contributed by atoms with E-state index in [9.17, 15) is 0 Å². The summed E-state index contributed by atoms with van der Waals surface area (Å²) in [6, 6.07) is 31.5. The van der Waals surface area contributed by atoms with Crippen LogP contribution in [-0.4, -0.2) is 0 Å². The van der Waals surface area contributed by atoms with Crippen LogP contribution in [0.2, 0.25) is 5.02 Å². The highest BCUT2D eigenvalue weighted by atomic mass is 35.5. The van der Waals surface area contributed by atoms with Gasteiger partial charge in [0, 0.05) is 10.6 Å². The lowest BCUT2D eigenvalue weighted by molar-refractivity contribution is 1.60. The van der Waals surface area contributed by atoms with E-state index < -0.39 is 0 Å². The predicted molar refractivity (Wildman–Crippen MR) is 99.8 cm³/mol. The first kappa shape index (κ1) is 14.0. The third kappa shape index (κ3) is 2.74. The maximum Gasteiger partial charge on any atom is 0.0484 e. The van der Waals surface area contributed by atoms with Crippen molar-refractivity contribution in [2.45, 2.75) is 0 Å². The van der Waals surface area contributed by atoms with Gasteiger partial charge in [-0.15, -0.1) is 0 Å². The molecule has 4 aromatic carbocycles. The van der Waals surface area contributed by atoms with Gasteiger partial charge in [0.25, 0.3) is 0 Å². The Labute approximate surface area is 141 Å². The molecule has 0 N–H and O–H groups in total. The van der Waals surface area contributed by atoms with Gasteiger partial charge in [0.05, 0.1) is 0 Å². The Balaban J connectivity index is 1.83. The topological polar surface area (TPSA) is 0 Å². The maximum absolute atomic E-state index is 6.34. The molecular weight excluding hydrogens is 300 g/mol. The minimum absolute atomic E-state index is 0.781. The van der Waals surface area contributed by atoms with Crippen molar-refractivity contribution in [3.63, 3.8) is 0 Å². The van der Waals surface area contributed by atoms with Gasteiger partial charge in [0.2, 0.25) is 0 Å². The molecule has 0 atom stereocenters. The third-order valence-corrected chi connectivity index (χ3v) is 4.46. The second-order valence-electron chi connectivity index (χ2n) is 5.62. The van der Waals surface area contributed by atoms with Crippen molar-refractivity contribution in [3.05, 3.63) is 96.0 Å². The number of halogens is 1. The molecule has 0 fully saturated rings. The molecule has 0 aliphatic rings. The van der Waals surface area contributed by atoms with Gasteiger partial charge in [-0.1, -0.05) is 84.4 Å². The van der Waals surface area contributed by atoms with Crippen molar-refractivity contribution < 1.29 is 0 Å². The second-order valence-corrected chi connectivity index (χ2v) is 6.03. The van der Waals surface area contributed by atoms with Gasteiger partial charge in [0.1, 0.15) is 0 Å². The molecule has 0 aliphatic heterocycles. The first-order valence-corrected chi connectivity index (χ1v) is 8.03. The largest absolute Gasteiger partial charge is 0.0837 e. The molecule has 0 spiro atoms. The summed E-state index contributed by atoms with van der Waals surface area (Å²) in [6.07, 6.45) is 0. The van der Waals surface area contributed by atoms with Crippen molar-refractivity contribution in [1.29, 1.82) is 0 Å². The van der Waals surface area contributed by atoms with Crippen LogP contribution in [0.5, 0.6) is 0 Å². The Morgan fingerprint density at radius 3 is 2.04 bits per heavy atom. The molecule has 23 heavy (non-hydrogen) atoms. The van der Waals surface area contributed by atoms with E-state index in [4.69, 9.17) is 11.6 Å². The van der Waals surface area contributed by atoms with E-state index in [1.807, 2.05) is 18.2 Å². The molecule has 0 radical (unpaired) electrons. The zero-order chi connectivity index (χ0) is 15.6. The summed E-state index contributed by atoms with van der Waals surface area (Å²) in [5.41, 5.74) is 4.63. The standard InChI is InChI=1S/C22H15Cl/c23-22-11-4-3-10-21(22)20-9-5-8-18(15-20)19-13-12-16-6-1-2-7-17(16)14-19/h1-15H. The fourth-order valence-corrected chi connectivity index (χ4v) is 3.18. The van der Waals surface area contributed by atoms with Crippen molar-refractivity contribution in [1.82, 2.24) is 0 Å². The van der Waals surface area contributed by atoms with E-state index in [-0.39, 0.29) is 0 Å². The summed E-state index contributed by atoms with van der Waals surface area (Å²) in [6.45, 7) is 0. The number of hydrogen-bond acceptors (Lipinski definition) is 0. The SMILES string of the molecule is Clc1ccccc1-c1cccc(-c2ccc3ccccc3c2)c1. The third-order valence-electron chi connectivity index (χ3n) is 4.13. The van der Waals surface area contributed by atoms with Gasteiger partial charge in [0.15, 0.2) is 0 Å². The number of rotatable bonds is 2. The summed E-state index contributed by atoms with van der Waals surface area (Å²) in [5, 5.41) is 3.30. The molecule has 0 saturated heterocycles. The lowest BCUT2D eigenvalue weighted by Gasteiger charge is -2.08. The van der Waals surface area contributed by atoms with Gasteiger partial charge < -0.3 is 0 Å². The molecular formula is C22H15Cl. The van der Waals surface area contributed by atoms with Crippen LogP contribution in [-0.2, 0) is 0 Å². The molecule has 0 unspecified atom stereocenters. The maximum atomic E-state index is 6.34. The van der Waals surface area contributed by atoms with E-state index in [0.29, 0.717) is 0 Å². The number of fused-ring (bicyclic) bond motifs is 1. The number of benzene rings is 4. The molecule has 0 saturated carbocycles. The summed E-state index contributed by atoms with van der Waals surface area (Å²) in [4.78, 5) is 0. The summed E-state index contributed by atoms with van der Waals surface area (Å²) < 4.78 is 0. The van der Waals surface area contributed by atoms with Gasteiger partial charge in [-0.25, -0.2) is 0 Å². The predicted octanol–water partition coefficient (Wildman–Crippen LogP) is 6.83. The first-order chi connectivity index (χ1) is 11.3. The molecule has 4 aromatic rings. The van der Waals surface area contributed by atoms with Crippen LogP contribution in [0, 0.1) is 0 Å². The molecule has 0 bridgehead atoms. The van der Waals surface area contributed by atoms with E-state index in [1.165, 1.54) is 21.9 Å². The Hall–Kier alpha value is -2.57. The molecule has 0 heterocycles. The fraction of sp³-hybridized carbons (Fsp3) is 0. The summed E-state index contributed by atoms with van der Waals surface area (Å²) in [5.74, 6) is 0. The first-order valence-electron chi connectivity index (χ1n) is 7.65. The zero-order valence-corrected chi connectivity index (χ0v) is 13.3. The highest BCUT2D eigenvalue weighted by Crippen LogP contribution is 2.31. The van der Waals surface area contributed by atoms with Crippen LogP contribution in [0.4, 0.5) is 0 Å².